The molecule has 2 aromatic heterocycles. The van der Waals surface area contributed by atoms with E-state index in [1.807, 2.05) is 16.8 Å². The van der Waals surface area contributed by atoms with Crippen molar-refractivity contribution in [3.63, 3.8) is 0 Å². The molecule has 0 unspecified atom stereocenters. The van der Waals surface area contributed by atoms with Crippen LogP contribution in [0.3, 0.4) is 0 Å². The molecule has 0 atom stereocenters. The lowest BCUT2D eigenvalue weighted by Gasteiger charge is -2.25. The van der Waals surface area contributed by atoms with Crippen molar-refractivity contribution in [1.29, 1.82) is 0 Å². The molecule has 6 nitrogen and oxygen atoms in total. The van der Waals surface area contributed by atoms with E-state index in [4.69, 9.17) is 4.52 Å². The molecule has 0 saturated carbocycles. The molecule has 3 aromatic rings. The highest BCUT2D eigenvalue weighted by Gasteiger charge is 2.25. The topological polar surface area (TPSA) is 76.3 Å². The molecular weight excluding hydrogens is 358 g/mol. The van der Waals surface area contributed by atoms with E-state index in [1.165, 1.54) is 0 Å². The molecule has 3 heterocycles. The number of benzene rings is 1. The summed E-state index contributed by atoms with van der Waals surface area (Å²) in [6.07, 6.45) is 2.94. The second-order valence-electron chi connectivity index (χ2n) is 5.92. The van der Waals surface area contributed by atoms with E-state index in [0.717, 1.165) is 30.4 Å². The Morgan fingerprint density at radius 2 is 1.76 bits per heavy atom. The first kappa shape index (κ1) is 16.4. The van der Waals surface area contributed by atoms with E-state index in [1.54, 1.807) is 39.9 Å². The summed E-state index contributed by atoms with van der Waals surface area (Å²) in [5, 5.41) is 7.86. The second-order valence-corrected chi connectivity index (χ2v) is 8.64. The van der Waals surface area contributed by atoms with Gasteiger partial charge in [0.25, 0.3) is 5.89 Å². The van der Waals surface area contributed by atoms with E-state index in [2.05, 4.69) is 10.1 Å². The lowest BCUT2D eigenvalue weighted by Crippen LogP contribution is -2.35. The summed E-state index contributed by atoms with van der Waals surface area (Å²) in [6, 6.07) is 8.58. The summed E-state index contributed by atoms with van der Waals surface area (Å²) in [5.74, 6) is 0.907. The molecule has 0 N–H and O–H groups in total. The molecule has 8 heteroatoms. The average Bonchev–Trinajstić information content (AvgIpc) is 3.34. The number of hydrogen-bond donors (Lipinski definition) is 0. The molecule has 0 radical (unpaired) electrons. The van der Waals surface area contributed by atoms with Crippen molar-refractivity contribution in [1.82, 2.24) is 14.4 Å². The SMILES string of the molecule is O=S(=O)(c1ccc(-c2noc(-c3ccsc3)n2)cc1)N1CCCCC1. The zero-order valence-corrected chi connectivity index (χ0v) is 15.1. The molecule has 1 fully saturated rings. The van der Waals surface area contributed by atoms with Gasteiger partial charge in [-0.15, -0.1) is 0 Å². The van der Waals surface area contributed by atoms with Crippen LogP contribution in [-0.4, -0.2) is 36.0 Å². The van der Waals surface area contributed by atoms with Gasteiger partial charge in [-0.2, -0.15) is 20.6 Å². The minimum absolute atomic E-state index is 0.305. The molecule has 1 aromatic carbocycles. The largest absolute Gasteiger partial charge is 0.334 e. The molecule has 0 bridgehead atoms. The highest BCUT2D eigenvalue weighted by molar-refractivity contribution is 7.89. The average molecular weight is 375 g/mol. The minimum Gasteiger partial charge on any atom is -0.334 e. The standard InChI is InChI=1S/C17H17N3O3S2/c21-25(22,20-9-2-1-3-10-20)15-6-4-13(5-7-15)16-18-17(23-19-16)14-8-11-24-12-14/h4-8,11-12H,1-3,9-10H2. The third-order valence-electron chi connectivity index (χ3n) is 4.26. The zero-order valence-electron chi connectivity index (χ0n) is 13.5. The fraction of sp³-hybridized carbons (Fsp3) is 0.294. The number of sulfonamides is 1. The fourth-order valence-electron chi connectivity index (χ4n) is 2.87. The summed E-state index contributed by atoms with van der Waals surface area (Å²) in [5.41, 5.74) is 1.61. The van der Waals surface area contributed by atoms with Crippen molar-refractivity contribution in [2.24, 2.45) is 0 Å². The Hall–Kier alpha value is -2.03. The maximum Gasteiger partial charge on any atom is 0.259 e. The predicted molar refractivity (Wildman–Crippen MR) is 95.7 cm³/mol. The van der Waals surface area contributed by atoms with Gasteiger partial charge in [-0.05, 0) is 48.6 Å². The fourth-order valence-corrected chi connectivity index (χ4v) is 5.02. The van der Waals surface area contributed by atoms with Crippen LogP contribution in [-0.2, 0) is 10.0 Å². The second kappa shape index (κ2) is 6.70. The third-order valence-corrected chi connectivity index (χ3v) is 6.86. The highest BCUT2D eigenvalue weighted by Crippen LogP contribution is 2.26. The number of thiophene rings is 1. The number of nitrogens with zero attached hydrogens (tertiary/aromatic N) is 3. The van der Waals surface area contributed by atoms with Crippen LogP contribution in [0.5, 0.6) is 0 Å². The molecule has 130 valence electrons. The predicted octanol–water partition coefficient (Wildman–Crippen LogP) is 3.64. The molecule has 0 aliphatic carbocycles. The van der Waals surface area contributed by atoms with E-state index in [9.17, 15) is 8.42 Å². The Kier molecular flexibility index (Phi) is 4.41. The number of piperidine rings is 1. The Morgan fingerprint density at radius 1 is 1.00 bits per heavy atom. The maximum atomic E-state index is 12.7. The first-order valence-electron chi connectivity index (χ1n) is 8.11. The van der Waals surface area contributed by atoms with Gasteiger partial charge in [-0.25, -0.2) is 8.42 Å². The van der Waals surface area contributed by atoms with Crippen molar-refractivity contribution < 1.29 is 12.9 Å². The maximum absolute atomic E-state index is 12.7. The normalized spacial score (nSPS) is 16.2. The van der Waals surface area contributed by atoms with Crippen molar-refractivity contribution in [3.05, 3.63) is 41.1 Å². The highest BCUT2D eigenvalue weighted by atomic mass is 32.2. The third kappa shape index (κ3) is 3.24. The number of aromatic nitrogens is 2. The van der Waals surface area contributed by atoms with Crippen LogP contribution in [0.15, 0.2) is 50.5 Å². The van der Waals surface area contributed by atoms with Gasteiger partial charge < -0.3 is 4.52 Å². The van der Waals surface area contributed by atoms with Crippen LogP contribution in [0, 0.1) is 0 Å². The lowest BCUT2D eigenvalue weighted by atomic mass is 10.2. The van der Waals surface area contributed by atoms with E-state index < -0.39 is 10.0 Å². The van der Waals surface area contributed by atoms with E-state index in [0.29, 0.717) is 29.7 Å². The summed E-state index contributed by atoms with van der Waals surface area (Å²) < 4.78 is 32.2. The number of rotatable bonds is 4. The van der Waals surface area contributed by atoms with E-state index in [-0.39, 0.29) is 0 Å². The summed E-state index contributed by atoms with van der Waals surface area (Å²) >= 11 is 1.56. The zero-order chi connectivity index (χ0) is 17.3. The Balaban J connectivity index is 1.58. The Morgan fingerprint density at radius 3 is 2.44 bits per heavy atom. The van der Waals surface area contributed by atoms with Gasteiger partial charge in [0.05, 0.1) is 10.5 Å². The molecule has 1 saturated heterocycles. The molecule has 0 spiro atoms. The molecule has 1 aliphatic heterocycles. The van der Waals surface area contributed by atoms with Gasteiger partial charge >= 0.3 is 0 Å². The molecule has 25 heavy (non-hydrogen) atoms. The van der Waals surface area contributed by atoms with Gasteiger partial charge in [-0.3, -0.25) is 0 Å². The van der Waals surface area contributed by atoms with Gasteiger partial charge in [-0.1, -0.05) is 11.6 Å². The van der Waals surface area contributed by atoms with Gasteiger partial charge in [0.15, 0.2) is 0 Å². The minimum atomic E-state index is -3.42. The summed E-state index contributed by atoms with van der Waals surface area (Å²) in [4.78, 5) is 4.68. The lowest BCUT2D eigenvalue weighted by molar-refractivity contribution is 0.346. The van der Waals surface area contributed by atoms with Crippen molar-refractivity contribution in [2.45, 2.75) is 24.2 Å². The van der Waals surface area contributed by atoms with Crippen LogP contribution in [0.4, 0.5) is 0 Å². The van der Waals surface area contributed by atoms with Gasteiger partial charge in [0.2, 0.25) is 15.8 Å². The van der Waals surface area contributed by atoms with Crippen LogP contribution in [0.1, 0.15) is 19.3 Å². The van der Waals surface area contributed by atoms with E-state index >= 15 is 0 Å². The first-order chi connectivity index (χ1) is 12.1. The smallest absolute Gasteiger partial charge is 0.259 e. The monoisotopic (exact) mass is 375 g/mol. The van der Waals surface area contributed by atoms with Gasteiger partial charge in [0.1, 0.15) is 0 Å². The van der Waals surface area contributed by atoms with Crippen molar-refractivity contribution in [3.8, 4) is 22.8 Å². The van der Waals surface area contributed by atoms with Gasteiger partial charge in [0, 0.05) is 24.0 Å². The molecule has 0 amide bonds. The summed E-state index contributed by atoms with van der Waals surface area (Å²) in [6.45, 7) is 1.19. The number of hydrogen-bond acceptors (Lipinski definition) is 6. The molecule has 1 aliphatic rings. The van der Waals surface area contributed by atoms with Crippen LogP contribution >= 0.6 is 11.3 Å². The quantitative estimate of drug-likeness (QED) is 0.696. The Bertz CT molecular complexity index is 941. The van der Waals surface area contributed by atoms with Crippen LogP contribution in [0.2, 0.25) is 0 Å². The first-order valence-corrected chi connectivity index (χ1v) is 10.5. The van der Waals surface area contributed by atoms with Crippen LogP contribution < -0.4 is 0 Å². The molecule has 4 rings (SSSR count). The Labute approximate surface area is 150 Å². The van der Waals surface area contributed by atoms with Crippen molar-refractivity contribution >= 4 is 21.4 Å². The van der Waals surface area contributed by atoms with Crippen molar-refractivity contribution in [2.75, 3.05) is 13.1 Å². The molecular formula is C17H17N3O3S2. The summed E-state index contributed by atoms with van der Waals surface area (Å²) in [7, 11) is -3.42. The van der Waals surface area contributed by atoms with Crippen LogP contribution in [0.25, 0.3) is 22.8 Å².